The Kier molecular flexibility index (Phi) is 6.62. The number of nitrogen functional groups attached to an aromatic ring is 1. The number of pyridine rings is 1. The van der Waals surface area contributed by atoms with E-state index in [0.29, 0.717) is 23.9 Å². The molecule has 1 aromatic rings. The number of aromatic nitrogens is 1. The zero-order valence-electron chi connectivity index (χ0n) is 11.8. The van der Waals surface area contributed by atoms with E-state index in [2.05, 4.69) is 10.3 Å². The van der Waals surface area contributed by atoms with E-state index in [1.165, 1.54) is 0 Å². The van der Waals surface area contributed by atoms with Crippen molar-refractivity contribution in [3.05, 3.63) is 12.1 Å². The normalized spacial score (nSPS) is 13.8. The second-order valence-electron chi connectivity index (χ2n) is 4.55. The highest BCUT2D eigenvalue weighted by Crippen LogP contribution is 2.21. The monoisotopic (exact) mass is 285 g/mol. The fraction of sp³-hybridized carbons (Fsp3) is 0.615. The molecule has 0 bridgehead atoms. The van der Waals surface area contributed by atoms with E-state index in [1.807, 2.05) is 19.9 Å². The molecule has 0 aliphatic rings. The quantitative estimate of drug-likeness (QED) is 0.764. The van der Waals surface area contributed by atoms with Crippen molar-refractivity contribution in [3.8, 4) is 5.88 Å². The van der Waals surface area contributed by atoms with Crippen LogP contribution in [0.5, 0.6) is 5.88 Å². The lowest BCUT2D eigenvalue weighted by Crippen LogP contribution is -2.19. The van der Waals surface area contributed by atoms with Crippen LogP contribution in [0, 0.1) is 0 Å². The lowest BCUT2D eigenvalue weighted by molar-refractivity contribution is 0.307. The Morgan fingerprint density at radius 3 is 2.89 bits per heavy atom. The summed E-state index contributed by atoms with van der Waals surface area (Å²) in [6.07, 6.45) is 3.46. The van der Waals surface area contributed by atoms with Crippen LogP contribution in [-0.4, -0.2) is 33.9 Å². The summed E-state index contributed by atoms with van der Waals surface area (Å²) in [4.78, 5) is 4.34. The lowest BCUT2D eigenvalue weighted by Gasteiger charge is -2.15. The zero-order chi connectivity index (χ0) is 14.3. The Hall–Kier alpha value is -1.30. The van der Waals surface area contributed by atoms with E-state index >= 15 is 0 Å². The molecule has 2 atom stereocenters. The Balaban J connectivity index is 2.60. The number of nitrogens with zero attached hydrogens (tertiary/aromatic N) is 1. The molecular weight excluding hydrogens is 262 g/mol. The minimum absolute atomic E-state index is 0.207. The maximum atomic E-state index is 11.0. The van der Waals surface area contributed by atoms with Gasteiger partial charge in [-0.15, -0.1) is 0 Å². The maximum Gasteiger partial charge on any atom is 0.239 e. The summed E-state index contributed by atoms with van der Waals surface area (Å²) in [5, 5.41) is 3.26. The van der Waals surface area contributed by atoms with Gasteiger partial charge in [-0.1, -0.05) is 6.92 Å². The predicted molar refractivity (Wildman–Crippen MR) is 81.1 cm³/mol. The number of ether oxygens (including phenoxy) is 1. The van der Waals surface area contributed by atoms with Gasteiger partial charge < -0.3 is 15.8 Å². The molecule has 0 radical (unpaired) electrons. The first kappa shape index (κ1) is 15.8. The van der Waals surface area contributed by atoms with Crippen molar-refractivity contribution in [2.75, 3.05) is 29.7 Å². The largest absolute Gasteiger partial charge is 0.476 e. The third-order valence-corrected chi connectivity index (χ3v) is 3.38. The number of nitrogens with one attached hydrogen (secondary N) is 1. The van der Waals surface area contributed by atoms with Crippen LogP contribution in [0.15, 0.2) is 12.1 Å². The van der Waals surface area contributed by atoms with E-state index in [4.69, 9.17) is 10.5 Å². The number of hydrogen-bond acceptors (Lipinski definition) is 5. The Morgan fingerprint density at radius 2 is 2.26 bits per heavy atom. The van der Waals surface area contributed by atoms with Crippen LogP contribution in [0.4, 0.5) is 11.5 Å². The van der Waals surface area contributed by atoms with E-state index in [9.17, 15) is 4.21 Å². The number of anilines is 2. The van der Waals surface area contributed by atoms with Crippen LogP contribution in [0.2, 0.25) is 0 Å². The third kappa shape index (κ3) is 5.92. The summed E-state index contributed by atoms with van der Waals surface area (Å²) < 4.78 is 16.5. The predicted octanol–water partition coefficient (Wildman–Crippen LogP) is 2.02. The molecule has 5 nitrogen and oxygen atoms in total. The van der Waals surface area contributed by atoms with Gasteiger partial charge in [0.05, 0.1) is 12.3 Å². The van der Waals surface area contributed by atoms with E-state index in [-0.39, 0.29) is 6.04 Å². The van der Waals surface area contributed by atoms with Gasteiger partial charge in [0.2, 0.25) is 5.88 Å². The molecule has 0 aliphatic carbocycles. The smallest absolute Gasteiger partial charge is 0.239 e. The molecule has 1 rings (SSSR count). The first-order chi connectivity index (χ1) is 9.02. The summed E-state index contributed by atoms with van der Waals surface area (Å²) >= 11 is 0. The summed E-state index contributed by atoms with van der Waals surface area (Å²) in [5.74, 6) is 1.88. The van der Waals surface area contributed by atoms with Gasteiger partial charge >= 0.3 is 0 Å². The molecule has 108 valence electrons. The molecule has 0 saturated heterocycles. The van der Waals surface area contributed by atoms with Crippen molar-refractivity contribution in [2.24, 2.45) is 0 Å². The molecular formula is C13H23N3O2S. The maximum absolute atomic E-state index is 11.0. The Morgan fingerprint density at radius 1 is 1.53 bits per heavy atom. The van der Waals surface area contributed by atoms with Gasteiger partial charge in [0.25, 0.3) is 0 Å². The average Bonchev–Trinajstić information content (AvgIpc) is 2.37. The van der Waals surface area contributed by atoms with E-state index in [0.717, 1.165) is 18.7 Å². The van der Waals surface area contributed by atoms with Crippen molar-refractivity contribution >= 4 is 22.3 Å². The molecule has 3 N–H and O–H groups in total. The highest BCUT2D eigenvalue weighted by molar-refractivity contribution is 7.84. The van der Waals surface area contributed by atoms with Crippen molar-refractivity contribution in [2.45, 2.75) is 32.7 Å². The first-order valence-electron chi connectivity index (χ1n) is 6.48. The topological polar surface area (TPSA) is 77.2 Å². The third-order valence-electron chi connectivity index (χ3n) is 2.57. The summed E-state index contributed by atoms with van der Waals surface area (Å²) in [6.45, 7) is 4.67. The van der Waals surface area contributed by atoms with Crippen LogP contribution >= 0.6 is 0 Å². The molecule has 0 spiro atoms. The molecule has 0 aliphatic heterocycles. The molecule has 0 aromatic carbocycles. The van der Waals surface area contributed by atoms with Gasteiger partial charge in [0.15, 0.2) is 0 Å². The van der Waals surface area contributed by atoms with Crippen LogP contribution in [0.1, 0.15) is 26.7 Å². The van der Waals surface area contributed by atoms with Crippen molar-refractivity contribution in [1.82, 2.24) is 4.98 Å². The van der Waals surface area contributed by atoms with Gasteiger partial charge in [0.1, 0.15) is 5.82 Å². The van der Waals surface area contributed by atoms with Crippen molar-refractivity contribution in [1.29, 1.82) is 0 Å². The first-order valence-corrected chi connectivity index (χ1v) is 8.21. The van der Waals surface area contributed by atoms with Gasteiger partial charge in [-0.3, -0.25) is 4.21 Å². The number of nitrogens with two attached hydrogens (primary N) is 1. The Bertz CT molecular complexity index is 426. The summed E-state index contributed by atoms with van der Waals surface area (Å²) in [6, 6.07) is 3.82. The minimum Gasteiger partial charge on any atom is -0.476 e. The molecule has 2 unspecified atom stereocenters. The number of hydrogen-bond donors (Lipinski definition) is 2. The van der Waals surface area contributed by atoms with Gasteiger partial charge in [-0.25, -0.2) is 0 Å². The second-order valence-corrected chi connectivity index (χ2v) is 6.11. The molecule has 0 saturated carbocycles. The minimum atomic E-state index is -0.762. The summed E-state index contributed by atoms with van der Waals surface area (Å²) in [7, 11) is -0.762. The van der Waals surface area contributed by atoms with Crippen LogP contribution < -0.4 is 15.8 Å². The highest BCUT2D eigenvalue weighted by Gasteiger charge is 2.07. The standard InChI is InChI=1S/C13H23N3O2S/c1-4-8-18-13-11(14)5-6-12(16-13)15-10(2)7-9-19(3)17/h5-6,10H,4,7-9,14H2,1-3H3,(H,15,16). The number of rotatable bonds is 8. The highest BCUT2D eigenvalue weighted by atomic mass is 32.2. The fourth-order valence-electron chi connectivity index (χ4n) is 1.51. The van der Waals surface area contributed by atoms with Gasteiger partial charge in [0, 0.05) is 28.9 Å². The molecule has 6 heteroatoms. The molecule has 1 aromatic heterocycles. The Labute approximate surface area is 117 Å². The lowest BCUT2D eigenvalue weighted by atomic mass is 10.2. The van der Waals surface area contributed by atoms with E-state index < -0.39 is 10.8 Å². The fourth-order valence-corrected chi connectivity index (χ4v) is 2.20. The molecule has 19 heavy (non-hydrogen) atoms. The molecule has 1 heterocycles. The SMILES string of the molecule is CCCOc1nc(NC(C)CCS(C)=O)ccc1N. The van der Waals surface area contributed by atoms with E-state index in [1.54, 1.807) is 12.3 Å². The second kappa shape index (κ2) is 7.99. The van der Waals surface area contributed by atoms with Gasteiger partial charge in [-0.05, 0) is 31.9 Å². The van der Waals surface area contributed by atoms with Crippen molar-refractivity contribution < 1.29 is 8.95 Å². The van der Waals surface area contributed by atoms with Crippen molar-refractivity contribution in [3.63, 3.8) is 0 Å². The summed E-state index contributed by atoms with van der Waals surface area (Å²) in [5.41, 5.74) is 6.35. The molecule has 0 fully saturated rings. The van der Waals surface area contributed by atoms with Crippen LogP contribution in [-0.2, 0) is 10.8 Å². The van der Waals surface area contributed by atoms with Gasteiger partial charge in [-0.2, -0.15) is 4.98 Å². The average molecular weight is 285 g/mol. The molecule has 0 amide bonds. The zero-order valence-corrected chi connectivity index (χ0v) is 12.6. The van der Waals surface area contributed by atoms with Crippen LogP contribution in [0.3, 0.4) is 0 Å². The van der Waals surface area contributed by atoms with Crippen LogP contribution in [0.25, 0.3) is 0 Å².